The van der Waals surface area contributed by atoms with E-state index in [1.54, 1.807) is 25.1 Å². The number of benzene rings is 1. The number of fused-ring (bicyclic) bond motifs is 2. The fourth-order valence-corrected chi connectivity index (χ4v) is 5.06. The van der Waals surface area contributed by atoms with Gasteiger partial charge in [-0.2, -0.15) is 18.3 Å². The number of halogens is 4. The SMILES string of the molecule is CC(=O)N1CC[C@@](n2cc3c(N[C@H](C)c4cccc5c(F)coc45)nn(C)c(=O)c3cc2=O)(C(F)(F)F)C1. The van der Waals surface area contributed by atoms with E-state index in [2.05, 4.69) is 10.4 Å². The summed E-state index contributed by atoms with van der Waals surface area (Å²) in [6, 6.07) is 5.14. The predicted octanol–water partition coefficient (Wildman–Crippen LogP) is 3.66. The van der Waals surface area contributed by atoms with Crippen molar-refractivity contribution < 1.29 is 26.8 Å². The molecule has 13 heteroatoms. The summed E-state index contributed by atoms with van der Waals surface area (Å²) in [4.78, 5) is 38.7. The minimum absolute atomic E-state index is 0.0118. The zero-order chi connectivity index (χ0) is 27.6. The van der Waals surface area contributed by atoms with Gasteiger partial charge in [0.05, 0.1) is 23.4 Å². The lowest BCUT2D eigenvalue weighted by molar-refractivity contribution is -0.211. The van der Waals surface area contributed by atoms with Crippen LogP contribution in [0.1, 0.15) is 31.9 Å². The third-order valence-electron chi connectivity index (χ3n) is 7.17. The summed E-state index contributed by atoms with van der Waals surface area (Å²) in [5.74, 6) is -1.05. The summed E-state index contributed by atoms with van der Waals surface area (Å²) in [6.45, 7) is 1.96. The van der Waals surface area contributed by atoms with Gasteiger partial charge in [-0.3, -0.25) is 19.0 Å². The van der Waals surface area contributed by atoms with Crippen LogP contribution in [-0.4, -0.2) is 44.4 Å². The Balaban J connectivity index is 1.68. The van der Waals surface area contributed by atoms with E-state index in [0.717, 1.165) is 35.0 Å². The molecular formula is C25H23F4N5O4. The largest absolute Gasteiger partial charge is 0.461 e. The molecule has 1 saturated heterocycles. The van der Waals surface area contributed by atoms with Crippen LogP contribution in [0.25, 0.3) is 21.7 Å². The third-order valence-corrected chi connectivity index (χ3v) is 7.17. The summed E-state index contributed by atoms with van der Waals surface area (Å²) in [5.41, 5.74) is -3.55. The molecule has 200 valence electrons. The molecule has 38 heavy (non-hydrogen) atoms. The number of aromatic nitrogens is 3. The Morgan fingerprint density at radius 3 is 2.61 bits per heavy atom. The number of carbonyl (C=O) groups is 1. The van der Waals surface area contributed by atoms with Crippen molar-refractivity contribution in [3.8, 4) is 0 Å². The van der Waals surface area contributed by atoms with E-state index in [1.165, 1.54) is 7.05 Å². The summed E-state index contributed by atoms with van der Waals surface area (Å²) in [6.07, 6.45) is -3.44. The van der Waals surface area contributed by atoms with Crippen LogP contribution in [0.4, 0.5) is 23.4 Å². The Morgan fingerprint density at radius 1 is 1.21 bits per heavy atom. The maximum Gasteiger partial charge on any atom is 0.413 e. The highest BCUT2D eigenvalue weighted by Crippen LogP contribution is 2.43. The molecule has 0 saturated carbocycles. The first-order chi connectivity index (χ1) is 17.8. The third kappa shape index (κ3) is 3.84. The number of hydrogen-bond acceptors (Lipinski definition) is 6. The molecule has 1 aromatic carbocycles. The van der Waals surface area contributed by atoms with Gasteiger partial charge in [-0.15, -0.1) is 0 Å². The molecule has 2 atom stereocenters. The normalized spacial score (nSPS) is 18.9. The van der Waals surface area contributed by atoms with Gasteiger partial charge in [-0.1, -0.05) is 12.1 Å². The van der Waals surface area contributed by atoms with Crippen LogP contribution < -0.4 is 16.4 Å². The predicted molar refractivity (Wildman–Crippen MR) is 130 cm³/mol. The topological polar surface area (TPSA) is 102 Å². The van der Waals surface area contributed by atoms with E-state index < -0.39 is 53.6 Å². The number of furan rings is 1. The Labute approximate surface area is 212 Å². The number of nitrogens with one attached hydrogen (secondary N) is 1. The van der Waals surface area contributed by atoms with Gasteiger partial charge >= 0.3 is 6.18 Å². The Morgan fingerprint density at radius 2 is 1.95 bits per heavy atom. The second-order valence-corrected chi connectivity index (χ2v) is 9.48. The van der Waals surface area contributed by atoms with Crippen LogP contribution in [0.15, 0.2) is 50.7 Å². The van der Waals surface area contributed by atoms with E-state index in [-0.39, 0.29) is 34.1 Å². The van der Waals surface area contributed by atoms with Gasteiger partial charge in [-0.05, 0) is 19.4 Å². The summed E-state index contributed by atoms with van der Waals surface area (Å²) >= 11 is 0. The minimum Gasteiger partial charge on any atom is -0.461 e. The molecule has 1 aliphatic rings. The molecule has 3 aromatic heterocycles. The van der Waals surface area contributed by atoms with Crippen LogP contribution in [-0.2, 0) is 17.4 Å². The molecule has 9 nitrogen and oxygen atoms in total. The van der Waals surface area contributed by atoms with Crippen molar-refractivity contribution in [1.82, 2.24) is 19.2 Å². The second kappa shape index (κ2) is 8.71. The number of pyridine rings is 1. The first-order valence-corrected chi connectivity index (χ1v) is 11.7. The number of aryl methyl sites for hydroxylation is 1. The molecule has 4 aromatic rings. The van der Waals surface area contributed by atoms with Crippen molar-refractivity contribution in [2.75, 3.05) is 18.4 Å². The lowest BCUT2D eigenvalue weighted by Crippen LogP contribution is -2.54. The van der Waals surface area contributed by atoms with Crippen molar-refractivity contribution in [2.45, 2.75) is 38.0 Å². The highest BCUT2D eigenvalue weighted by molar-refractivity contribution is 5.91. The number of alkyl halides is 3. The number of carbonyl (C=O) groups excluding carboxylic acids is 1. The van der Waals surface area contributed by atoms with Crippen LogP contribution in [0.5, 0.6) is 0 Å². The number of rotatable bonds is 4. The zero-order valence-corrected chi connectivity index (χ0v) is 20.6. The smallest absolute Gasteiger partial charge is 0.413 e. The fourth-order valence-electron chi connectivity index (χ4n) is 5.06. The Hall–Kier alpha value is -4.16. The van der Waals surface area contributed by atoms with E-state index in [1.807, 2.05) is 0 Å². The standard InChI is InChI=1S/C25H23F4N5O4/c1-13(15-5-4-6-16-19(26)11-38-21(15)16)30-22-18-10-34(20(36)9-17(18)23(37)32(3)31-22)24(25(27,28)29)7-8-33(12-24)14(2)35/h4-6,9-11,13H,7-8,12H2,1-3H3,(H,30,31)/t13-,24+/m1/s1. The molecule has 1 amide bonds. The van der Waals surface area contributed by atoms with Gasteiger partial charge in [-0.25, -0.2) is 9.07 Å². The molecule has 5 rings (SSSR count). The molecule has 4 heterocycles. The minimum atomic E-state index is -4.87. The lowest BCUT2D eigenvalue weighted by atomic mass is 9.96. The second-order valence-electron chi connectivity index (χ2n) is 9.48. The van der Waals surface area contributed by atoms with E-state index in [9.17, 15) is 31.9 Å². The molecule has 0 unspecified atom stereocenters. The molecule has 0 spiro atoms. The van der Waals surface area contributed by atoms with Gasteiger partial charge in [0.15, 0.2) is 17.2 Å². The molecule has 0 radical (unpaired) electrons. The highest BCUT2D eigenvalue weighted by Gasteiger charge is 2.60. The van der Waals surface area contributed by atoms with Crippen LogP contribution in [0.3, 0.4) is 0 Å². The number of likely N-dealkylation sites (tertiary alicyclic amines) is 1. The van der Waals surface area contributed by atoms with Crippen LogP contribution >= 0.6 is 0 Å². The lowest BCUT2D eigenvalue weighted by Gasteiger charge is -2.34. The maximum absolute atomic E-state index is 14.5. The summed E-state index contributed by atoms with van der Waals surface area (Å²) < 4.78 is 64.5. The fraction of sp³-hybridized carbons (Fsp3) is 0.360. The zero-order valence-electron chi connectivity index (χ0n) is 20.6. The van der Waals surface area contributed by atoms with E-state index in [4.69, 9.17) is 4.42 Å². The molecule has 1 aliphatic heterocycles. The van der Waals surface area contributed by atoms with Gasteiger partial charge in [0.1, 0.15) is 11.8 Å². The van der Waals surface area contributed by atoms with Crippen molar-refractivity contribution in [3.05, 3.63) is 68.8 Å². The molecule has 0 aliphatic carbocycles. The van der Waals surface area contributed by atoms with Crippen LogP contribution in [0.2, 0.25) is 0 Å². The van der Waals surface area contributed by atoms with E-state index >= 15 is 0 Å². The average Bonchev–Trinajstić information content (AvgIpc) is 3.47. The number of anilines is 1. The molecule has 1 N–H and O–H groups in total. The number of hydrogen-bond donors (Lipinski definition) is 1. The number of para-hydroxylation sites is 1. The van der Waals surface area contributed by atoms with E-state index in [0.29, 0.717) is 10.1 Å². The van der Waals surface area contributed by atoms with Gasteiger partial charge in [0, 0.05) is 43.7 Å². The van der Waals surface area contributed by atoms with Gasteiger partial charge in [0.25, 0.3) is 11.1 Å². The first-order valence-electron chi connectivity index (χ1n) is 11.7. The quantitative estimate of drug-likeness (QED) is 0.402. The average molecular weight is 533 g/mol. The van der Waals surface area contributed by atoms with Crippen molar-refractivity contribution in [3.63, 3.8) is 0 Å². The Bertz CT molecular complexity index is 1710. The molecule has 0 bridgehead atoms. The summed E-state index contributed by atoms with van der Waals surface area (Å²) in [7, 11) is 1.35. The van der Waals surface area contributed by atoms with Gasteiger partial charge < -0.3 is 14.6 Å². The maximum atomic E-state index is 14.5. The van der Waals surface area contributed by atoms with Crippen molar-refractivity contribution in [2.24, 2.45) is 7.05 Å². The summed E-state index contributed by atoms with van der Waals surface area (Å²) in [5, 5.41) is 7.39. The van der Waals surface area contributed by atoms with Crippen molar-refractivity contribution in [1.29, 1.82) is 0 Å². The first kappa shape index (κ1) is 25.5. The monoisotopic (exact) mass is 533 g/mol. The molecular weight excluding hydrogens is 510 g/mol. The van der Waals surface area contributed by atoms with Gasteiger partial charge in [0.2, 0.25) is 5.91 Å². The van der Waals surface area contributed by atoms with Crippen LogP contribution in [0, 0.1) is 5.82 Å². The highest BCUT2D eigenvalue weighted by atomic mass is 19.4. The Kier molecular flexibility index (Phi) is 5.84. The number of nitrogens with zero attached hydrogens (tertiary/aromatic N) is 4. The molecule has 1 fully saturated rings. The number of amides is 1. The van der Waals surface area contributed by atoms with Crippen molar-refractivity contribution >= 4 is 33.5 Å².